The largest absolute Gasteiger partial charge is 0.456 e. The lowest BCUT2D eigenvalue weighted by atomic mass is 9.65. The van der Waals surface area contributed by atoms with Crippen molar-refractivity contribution in [3.8, 4) is 33.9 Å². The predicted octanol–water partition coefficient (Wildman–Crippen LogP) is 10.3. The van der Waals surface area contributed by atoms with Gasteiger partial charge in [0.05, 0.1) is 22.0 Å². The fourth-order valence-corrected chi connectivity index (χ4v) is 7.44. The van der Waals surface area contributed by atoms with E-state index in [0.717, 1.165) is 54.5 Å². The van der Waals surface area contributed by atoms with Crippen molar-refractivity contribution in [2.75, 3.05) is 0 Å². The van der Waals surface area contributed by atoms with E-state index in [9.17, 15) is 0 Å². The highest BCUT2D eigenvalue weighted by Crippen LogP contribution is 2.63. The molecule has 1 aromatic heterocycles. The Bertz CT molecular complexity index is 2150. The van der Waals surface area contributed by atoms with Crippen LogP contribution in [0.2, 0.25) is 0 Å². The summed E-state index contributed by atoms with van der Waals surface area (Å²) >= 11 is 3.61. The Morgan fingerprint density at radius 3 is 1.93 bits per heavy atom. The molecule has 0 bridgehead atoms. The number of hydrogen-bond acceptors (Lipinski definition) is 2. The molecule has 6 aromatic carbocycles. The molecule has 2 aliphatic rings. The van der Waals surface area contributed by atoms with Crippen molar-refractivity contribution in [3.05, 3.63) is 160 Å². The Hall–Kier alpha value is -4.73. The van der Waals surface area contributed by atoms with Crippen LogP contribution in [0.3, 0.4) is 0 Å². The molecule has 1 spiro atoms. The summed E-state index contributed by atoms with van der Waals surface area (Å²) in [6.07, 6.45) is 0. The molecule has 9 rings (SSSR count). The third-order valence-electron chi connectivity index (χ3n) is 8.80. The highest BCUT2D eigenvalue weighted by Gasteiger charge is 2.51. The SMILES string of the molecule is Brc1ccc(-c2nc3ccccc3c3ccc4c(c23)Oc2ccccc2C42c3ccccc3-c3ccccc32)cc1. The number of benzene rings is 6. The van der Waals surface area contributed by atoms with Crippen LogP contribution in [0.15, 0.2) is 138 Å². The Labute approximate surface area is 246 Å². The van der Waals surface area contributed by atoms with E-state index in [2.05, 4.69) is 149 Å². The van der Waals surface area contributed by atoms with Crippen molar-refractivity contribution >= 4 is 37.6 Å². The van der Waals surface area contributed by atoms with Crippen molar-refractivity contribution < 1.29 is 4.74 Å². The quantitative estimate of drug-likeness (QED) is 0.178. The summed E-state index contributed by atoms with van der Waals surface area (Å²) in [7, 11) is 0. The fourth-order valence-electron chi connectivity index (χ4n) is 7.17. The summed E-state index contributed by atoms with van der Waals surface area (Å²) in [6, 6.07) is 47.6. The monoisotopic (exact) mass is 587 g/mol. The topological polar surface area (TPSA) is 22.1 Å². The first-order valence-corrected chi connectivity index (χ1v) is 14.6. The van der Waals surface area contributed by atoms with Crippen LogP contribution in [0.1, 0.15) is 22.3 Å². The molecule has 1 aliphatic heterocycles. The minimum atomic E-state index is -0.506. The molecule has 1 aliphatic carbocycles. The lowest BCUT2D eigenvalue weighted by molar-refractivity contribution is 0.442. The Balaban J connectivity index is 1.50. The highest BCUT2D eigenvalue weighted by atomic mass is 79.9. The number of hydrogen-bond donors (Lipinski definition) is 0. The number of nitrogens with zero attached hydrogens (tertiary/aromatic N) is 1. The molecule has 192 valence electrons. The molecular formula is C38H22BrNO. The Kier molecular flexibility index (Phi) is 4.71. The Morgan fingerprint density at radius 2 is 1.17 bits per heavy atom. The normalized spacial score (nSPS) is 13.9. The summed E-state index contributed by atoms with van der Waals surface area (Å²) < 4.78 is 8.03. The van der Waals surface area contributed by atoms with Gasteiger partial charge in [-0.3, -0.25) is 0 Å². The lowest BCUT2D eigenvalue weighted by Gasteiger charge is -2.40. The van der Waals surface area contributed by atoms with Gasteiger partial charge in [-0.15, -0.1) is 0 Å². The van der Waals surface area contributed by atoms with Crippen LogP contribution in [-0.2, 0) is 5.41 Å². The Morgan fingerprint density at radius 1 is 0.537 bits per heavy atom. The zero-order valence-electron chi connectivity index (χ0n) is 21.9. The van der Waals surface area contributed by atoms with Crippen molar-refractivity contribution in [2.24, 2.45) is 0 Å². The maximum Gasteiger partial charge on any atom is 0.142 e. The van der Waals surface area contributed by atoms with Gasteiger partial charge in [-0.25, -0.2) is 4.98 Å². The average Bonchev–Trinajstić information content (AvgIpc) is 3.32. The van der Waals surface area contributed by atoms with Crippen LogP contribution in [0, 0.1) is 0 Å². The summed E-state index contributed by atoms with van der Waals surface area (Å²) in [5.41, 5.74) is 9.89. The number of ether oxygens (including phenoxy) is 1. The minimum absolute atomic E-state index is 0.506. The summed E-state index contributed by atoms with van der Waals surface area (Å²) in [5.74, 6) is 1.76. The molecule has 7 aromatic rings. The molecule has 0 amide bonds. The second-order valence-electron chi connectivity index (χ2n) is 10.8. The van der Waals surface area contributed by atoms with Crippen LogP contribution < -0.4 is 4.74 Å². The third kappa shape index (κ3) is 2.99. The molecule has 0 saturated heterocycles. The fraction of sp³-hybridized carbons (Fsp3) is 0.0263. The molecule has 41 heavy (non-hydrogen) atoms. The average molecular weight is 589 g/mol. The highest BCUT2D eigenvalue weighted by molar-refractivity contribution is 9.10. The summed E-state index contributed by atoms with van der Waals surface area (Å²) in [5, 5.41) is 3.30. The maximum absolute atomic E-state index is 6.99. The first-order valence-electron chi connectivity index (χ1n) is 13.8. The van der Waals surface area contributed by atoms with Gasteiger partial charge in [0.1, 0.15) is 11.5 Å². The molecule has 0 saturated carbocycles. The number of pyridine rings is 1. The van der Waals surface area contributed by atoms with E-state index < -0.39 is 5.41 Å². The van der Waals surface area contributed by atoms with E-state index in [-0.39, 0.29) is 0 Å². The number of fused-ring (bicyclic) bond motifs is 13. The zero-order valence-corrected chi connectivity index (χ0v) is 23.5. The molecule has 0 radical (unpaired) electrons. The second kappa shape index (κ2) is 8.39. The maximum atomic E-state index is 6.99. The van der Waals surface area contributed by atoms with Gasteiger partial charge >= 0.3 is 0 Å². The molecule has 3 heteroatoms. The molecule has 0 fully saturated rings. The number of aromatic nitrogens is 1. The van der Waals surface area contributed by atoms with Gasteiger partial charge < -0.3 is 4.74 Å². The standard InChI is InChI=1S/C38H22BrNO/c39-24-19-17-23(18-20-24)36-35-28(27-11-3-7-15-33(27)40-36)21-22-32-37(35)41-34-16-8-6-14-31(34)38(32)29-12-4-1-9-25(29)26-10-2-5-13-30(26)38/h1-22H. The van der Waals surface area contributed by atoms with Crippen molar-refractivity contribution in [1.29, 1.82) is 0 Å². The van der Waals surface area contributed by atoms with E-state index in [4.69, 9.17) is 9.72 Å². The van der Waals surface area contributed by atoms with Crippen molar-refractivity contribution in [1.82, 2.24) is 4.98 Å². The van der Waals surface area contributed by atoms with E-state index in [0.29, 0.717) is 0 Å². The van der Waals surface area contributed by atoms with Gasteiger partial charge in [0, 0.05) is 26.5 Å². The van der Waals surface area contributed by atoms with E-state index >= 15 is 0 Å². The van der Waals surface area contributed by atoms with Gasteiger partial charge in [-0.1, -0.05) is 125 Å². The summed E-state index contributed by atoms with van der Waals surface area (Å²) in [4.78, 5) is 5.28. The zero-order chi connectivity index (χ0) is 27.1. The van der Waals surface area contributed by atoms with Crippen molar-refractivity contribution in [2.45, 2.75) is 5.41 Å². The van der Waals surface area contributed by atoms with Crippen LogP contribution in [-0.4, -0.2) is 4.98 Å². The number of halogens is 1. The molecule has 2 heterocycles. The second-order valence-corrected chi connectivity index (χ2v) is 11.7. The summed E-state index contributed by atoms with van der Waals surface area (Å²) in [6.45, 7) is 0. The number of para-hydroxylation sites is 2. The number of rotatable bonds is 1. The van der Waals surface area contributed by atoms with Gasteiger partial charge in [0.2, 0.25) is 0 Å². The first-order chi connectivity index (χ1) is 20.2. The van der Waals surface area contributed by atoms with Crippen LogP contribution in [0.25, 0.3) is 44.1 Å². The van der Waals surface area contributed by atoms with E-state index in [1.165, 1.54) is 27.8 Å². The van der Waals surface area contributed by atoms with Gasteiger partial charge in [-0.05, 0) is 51.9 Å². The van der Waals surface area contributed by atoms with E-state index in [1.54, 1.807) is 0 Å². The van der Waals surface area contributed by atoms with Gasteiger partial charge in [0.15, 0.2) is 0 Å². The van der Waals surface area contributed by atoms with Crippen LogP contribution >= 0.6 is 15.9 Å². The van der Waals surface area contributed by atoms with Crippen LogP contribution in [0.5, 0.6) is 11.5 Å². The molecule has 2 nitrogen and oxygen atoms in total. The van der Waals surface area contributed by atoms with Crippen molar-refractivity contribution in [3.63, 3.8) is 0 Å². The molecular weight excluding hydrogens is 566 g/mol. The molecule has 0 atom stereocenters. The molecule has 0 unspecified atom stereocenters. The van der Waals surface area contributed by atoms with Gasteiger partial charge in [0.25, 0.3) is 0 Å². The predicted molar refractivity (Wildman–Crippen MR) is 170 cm³/mol. The molecule has 0 N–H and O–H groups in total. The van der Waals surface area contributed by atoms with Gasteiger partial charge in [-0.2, -0.15) is 0 Å². The van der Waals surface area contributed by atoms with E-state index in [1.807, 2.05) is 0 Å². The van der Waals surface area contributed by atoms with Crippen LogP contribution in [0.4, 0.5) is 0 Å². The smallest absolute Gasteiger partial charge is 0.142 e. The third-order valence-corrected chi connectivity index (χ3v) is 9.33. The minimum Gasteiger partial charge on any atom is -0.456 e. The first kappa shape index (κ1) is 23.0. The lowest BCUT2D eigenvalue weighted by Crippen LogP contribution is -2.32.